The number of hydrogen-bond donors (Lipinski definition) is 1. The number of carbonyl (C=O) groups is 1. The van der Waals surface area contributed by atoms with Gasteiger partial charge in [-0.3, -0.25) is 4.79 Å². The standard InChI is InChI=1S/C11H18N2O4S/c1-9-6-10(11(14)15)8-13(7-9)18(16,17)5-3-2-4-12/h9-10H,2-3,5-8H2,1H3,(H,14,15). The second-order valence-corrected chi connectivity index (χ2v) is 6.86. The van der Waals surface area contributed by atoms with Crippen molar-refractivity contribution in [3.63, 3.8) is 0 Å². The Hall–Kier alpha value is -1.13. The van der Waals surface area contributed by atoms with Crippen LogP contribution in [0.4, 0.5) is 0 Å². The second kappa shape index (κ2) is 6.16. The van der Waals surface area contributed by atoms with Crippen LogP contribution in [-0.2, 0) is 14.8 Å². The van der Waals surface area contributed by atoms with Gasteiger partial charge in [0.15, 0.2) is 0 Å². The van der Waals surface area contributed by atoms with Gasteiger partial charge in [-0.15, -0.1) is 0 Å². The molecule has 102 valence electrons. The van der Waals surface area contributed by atoms with Crippen molar-refractivity contribution in [1.29, 1.82) is 5.26 Å². The fourth-order valence-corrected chi connectivity index (χ4v) is 3.83. The highest BCUT2D eigenvalue weighted by atomic mass is 32.2. The van der Waals surface area contributed by atoms with Crippen molar-refractivity contribution < 1.29 is 18.3 Å². The molecule has 18 heavy (non-hydrogen) atoms. The highest BCUT2D eigenvalue weighted by Gasteiger charge is 2.34. The third kappa shape index (κ3) is 3.96. The van der Waals surface area contributed by atoms with Crippen molar-refractivity contribution in [3.05, 3.63) is 0 Å². The van der Waals surface area contributed by atoms with Crippen molar-refractivity contribution in [3.8, 4) is 6.07 Å². The molecule has 1 fully saturated rings. The van der Waals surface area contributed by atoms with Gasteiger partial charge >= 0.3 is 5.97 Å². The summed E-state index contributed by atoms with van der Waals surface area (Å²) in [5.74, 6) is -1.61. The SMILES string of the molecule is CC1CC(C(=O)O)CN(S(=O)(=O)CCCC#N)C1. The van der Waals surface area contributed by atoms with Gasteiger partial charge in [0.05, 0.1) is 17.7 Å². The molecular formula is C11H18N2O4S. The Balaban J connectivity index is 2.69. The quantitative estimate of drug-likeness (QED) is 0.743. The molecule has 1 aliphatic heterocycles. The number of carboxylic acid groups (broad SMARTS) is 1. The fraction of sp³-hybridized carbons (Fsp3) is 0.818. The first kappa shape index (κ1) is 14.9. The minimum Gasteiger partial charge on any atom is -0.481 e. The average molecular weight is 274 g/mol. The maximum absolute atomic E-state index is 12.0. The molecule has 1 heterocycles. The first-order valence-corrected chi connectivity index (χ1v) is 7.55. The third-order valence-corrected chi connectivity index (χ3v) is 4.95. The van der Waals surface area contributed by atoms with E-state index < -0.39 is 21.9 Å². The fourth-order valence-electron chi connectivity index (χ4n) is 2.17. The Labute approximate surface area is 107 Å². The van der Waals surface area contributed by atoms with E-state index in [1.54, 1.807) is 0 Å². The smallest absolute Gasteiger partial charge is 0.307 e. The summed E-state index contributed by atoms with van der Waals surface area (Å²) in [7, 11) is -3.44. The first-order chi connectivity index (χ1) is 8.36. The minimum atomic E-state index is -3.44. The van der Waals surface area contributed by atoms with E-state index >= 15 is 0 Å². The number of rotatable bonds is 5. The normalized spacial score (nSPS) is 25.6. The summed E-state index contributed by atoms with van der Waals surface area (Å²) < 4.78 is 25.3. The average Bonchev–Trinajstić information content (AvgIpc) is 2.28. The van der Waals surface area contributed by atoms with Crippen LogP contribution in [0.2, 0.25) is 0 Å². The van der Waals surface area contributed by atoms with Crippen molar-refractivity contribution >= 4 is 16.0 Å². The highest BCUT2D eigenvalue weighted by molar-refractivity contribution is 7.89. The van der Waals surface area contributed by atoms with Gasteiger partial charge < -0.3 is 5.11 Å². The van der Waals surface area contributed by atoms with Crippen molar-refractivity contribution in [2.75, 3.05) is 18.8 Å². The molecule has 1 saturated heterocycles. The Bertz CT molecular complexity index is 440. The molecule has 0 aromatic rings. The zero-order valence-corrected chi connectivity index (χ0v) is 11.2. The predicted molar refractivity (Wildman–Crippen MR) is 65.1 cm³/mol. The summed E-state index contributed by atoms with van der Waals surface area (Å²) in [6, 6.07) is 1.90. The lowest BCUT2D eigenvalue weighted by Crippen LogP contribution is -2.46. The van der Waals surface area contributed by atoms with E-state index in [-0.39, 0.29) is 24.6 Å². The third-order valence-electron chi connectivity index (χ3n) is 3.06. The molecule has 0 saturated carbocycles. The van der Waals surface area contributed by atoms with E-state index in [1.807, 2.05) is 13.0 Å². The van der Waals surface area contributed by atoms with Gasteiger partial charge in [-0.2, -0.15) is 5.26 Å². The molecule has 6 nitrogen and oxygen atoms in total. The van der Waals surface area contributed by atoms with E-state index in [0.717, 1.165) is 0 Å². The molecule has 1 N–H and O–H groups in total. The van der Waals surface area contributed by atoms with Crippen LogP contribution in [0, 0.1) is 23.2 Å². The molecule has 0 bridgehead atoms. The number of hydrogen-bond acceptors (Lipinski definition) is 4. The van der Waals surface area contributed by atoms with Gasteiger partial charge in [0.1, 0.15) is 0 Å². The summed E-state index contributed by atoms with van der Waals surface area (Å²) in [6.45, 7) is 2.28. The molecular weight excluding hydrogens is 256 g/mol. The molecule has 0 aliphatic carbocycles. The van der Waals surface area contributed by atoms with Crippen LogP contribution < -0.4 is 0 Å². The van der Waals surface area contributed by atoms with Gasteiger partial charge in [-0.05, 0) is 18.8 Å². The number of carboxylic acids is 1. The molecule has 2 atom stereocenters. The zero-order chi connectivity index (χ0) is 13.8. The minimum absolute atomic E-state index is 0.0468. The number of nitriles is 1. The van der Waals surface area contributed by atoms with E-state index in [2.05, 4.69) is 0 Å². The summed E-state index contributed by atoms with van der Waals surface area (Å²) in [5.41, 5.74) is 0. The van der Waals surface area contributed by atoms with Crippen LogP contribution in [0.3, 0.4) is 0 Å². The molecule has 0 spiro atoms. The molecule has 2 unspecified atom stereocenters. The number of nitrogens with zero attached hydrogens (tertiary/aromatic N) is 2. The maximum atomic E-state index is 12.0. The van der Waals surface area contributed by atoms with Gasteiger partial charge in [0.2, 0.25) is 10.0 Å². The maximum Gasteiger partial charge on any atom is 0.307 e. The van der Waals surface area contributed by atoms with Crippen molar-refractivity contribution in [2.45, 2.75) is 26.2 Å². The van der Waals surface area contributed by atoms with Crippen LogP contribution >= 0.6 is 0 Å². The number of unbranched alkanes of at least 4 members (excludes halogenated alkanes) is 1. The lowest BCUT2D eigenvalue weighted by molar-refractivity contribution is -0.143. The largest absolute Gasteiger partial charge is 0.481 e. The topological polar surface area (TPSA) is 98.5 Å². The number of sulfonamides is 1. The van der Waals surface area contributed by atoms with Crippen LogP contribution in [0.25, 0.3) is 0 Å². The predicted octanol–water partition coefficient (Wildman–Crippen LogP) is 0.663. The molecule has 7 heteroatoms. The van der Waals surface area contributed by atoms with Crippen LogP contribution in [0.5, 0.6) is 0 Å². The molecule has 0 aromatic carbocycles. The summed E-state index contributed by atoms with van der Waals surface area (Å²) in [6.07, 6.45) is 1.01. The summed E-state index contributed by atoms with van der Waals surface area (Å²) in [4.78, 5) is 11.0. The number of piperidine rings is 1. The highest BCUT2D eigenvalue weighted by Crippen LogP contribution is 2.24. The van der Waals surface area contributed by atoms with Crippen molar-refractivity contribution in [1.82, 2.24) is 4.31 Å². The lowest BCUT2D eigenvalue weighted by Gasteiger charge is -2.33. The van der Waals surface area contributed by atoms with E-state index in [1.165, 1.54) is 4.31 Å². The Morgan fingerprint density at radius 3 is 2.72 bits per heavy atom. The molecule has 0 aromatic heterocycles. The Morgan fingerprint density at radius 2 is 2.17 bits per heavy atom. The first-order valence-electron chi connectivity index (χ1n) is 5.94. The second-order valence-electron chi connectivity index (χ2n) is 4.77. The van der Waals surface area contributed by atoms with E-state index in [9.17, 15) is 13.2 Å². The summed E-state index contributed by atoms with van der Waals surface area (Å²) >= 11 is 0. The van der Waals surface area contributed by atoms with E-state index in [0.29, 0.717) is 19.4 Å². The van der Waals surface area contributed by atoms with Gasteiger partial charge in [0, 0.05) is 19.5 Å². The monoisotopic (exact) mass is 274 g/mol. The lowest BCUT2D eigenvalue weighted by atomic mass is 9.92. The van der Waals surface area contributed by atoms with Gasteiger partial charge in [-0.1, -0.05) is 6.92 Å². The molecule has 1 rings (SSSR count). The van der Waals surface area contributed by atoms with Gasteiger partial charge in [-0.25, -0.2) is 12.7 Å². The Kier molecular flexibility index (Phi) is 5.11. The van der Waals surface area contributed by atoms with Crippen LogP contribution in [-0.4, -0.2) is 42.6 Å². The molecule has 0 amide bonds. The van der Waals surface area contributed by atoms with E-state index in [4.69, 9.17) is 10.4 Å². The number of aliphatic carboxylic acids is 1. The molecule has 1 aliphatic rings. The zero-order valence-electron chi connectivity index (χ0n) is 10.4. The van der Waals surface area contributed by atoms with Gasteiger partial charge in [0.25, 0.3) is 0 Å². The molecule has 0 radical (unpaired) electrons. The van der Waals surface area contributed by atoms with Crippen molar-refractivity contribution in [2.24, 2.45) is 11.8 Å². The Morgan fingerprint density at radius 1 is 1.50 bits per heavy atom. The van der Waals surface area contributed by atoms with Crippen LogP contribution in [0.15, 0.2) is 0 Å². The van der Waals surface area contributed by atoms with Crippen LogP contribution in [0.1, 0.15) is 26.2 Å². The summed E-state index contributed by atoms with van der Waals surface area (Å²) in [5, 5.41) is 17.4.